The fourth-order valence-electron chi connectivity index (χ4n) is 1.67. The molecule has 1 rings (SSSR count). The largest absolute Gasteiger partial charge is 0.383 e. The zero-order valence-corrected chi connectivity index (χ0v) is 15.4. The van der Waals surface area contributed by atoms with Crippen molar-refractivity contribution in [1.82, 2.24) is 20.5 Å². The number of nitrogens with zero attached hydrogens (tertiary/aromatic N) is 3. The molecule has 23 heavy (non-hydrogen) atoms. The first kappa shape index (κ1) is 19.4. The van der Waals surface area contributed by atoms with Crippen LogP contribution in [0.5, 0.6) is 0 Å². The lowest BCUT2D eigenvalue weighted by Crippen LogP contribution is -2.40. The first-order valence-electron chi connectivity index (χ1n) is 7.58. The van der Waals surface area contributed by atoms with E-state index in [1.165, 1.54) is 9.78 Å². The second-order valence-electron chi connectivity index (χ2n) is 5.30. The van der Waals surface area contributed by atoms with Gasteiger partial charge in [-0.05, 0) is 13.8 Å². The monoisotopic (exact) mass is 341 g/mol. The molecule has 0 aliphatic heterocycles. The Morgan fingerprint density at radius 1 is 1.30 bits per heavy atom. The summed E-state index contributed by atoms with van der Waals surface area (Å²) in [6.45, 7) is 6.14. The molecule has 0 aliphatic rings. The van der Waals surface area contributed by atoms with Gasteiger partial charge in [0, 0.05) is 45.6 Å². The van der Waals surface area contributed by atoms with Crippen LogP contribution in [-0.2, 0) is 16.0 Å². The number of guanidine groups is 1. The maximum atomic E-state index is 11.6. The van der Waals surface area contributed by atoms with Crippen LogP contribution in [0.4, 0.5) is 0 Å². The van der Waals surface area contributed by atoms with Crippen molar-refractivity contribution >= 4 is 23.2 Å². The number of rotatable bonds is 8. The summed E-state index contributed by atoms with van der Waals surface area (Å²) < 4.78 is 5.02. The molecule has 0 fully saturated rings. The fraction of sp³-hybridized carbons (Fsp3) is 0.667. The van der Waals surface area contributed by atoms with E-state index in [-0.39, 0.29) is 12.5 Å². The van der Waals surface area contributed by atoms with Crippen LogP contribution in [0, 0.1) is 13.8 Å². The van der Waals surface area contributed by atoms with E-state index in [1.54, 1.807) is 32.5 Å². The lowest BCUT2D eigenvalue weighted by molar-refractivity contribution is -0.127. The smallest absolute Gasteiger partial charge is 0.243 e. The Morgan fingerprint density at radius 3 is 2.57 bits per heavy atom. The van der Waals surface area contributed by atoms with Gasteiger partial charge in [0.05, 0.1) is 17.3 Å². The zero-order valence-electron chi connectivity index (χ0n) is 14.6. The van der Waals surface area contributed by atoms with Crippen LogP contribution in [0.1, 0.15) is 15.6 Å². The molecule has 0 radical (unpaired) electrons. The van der Waals surface area contributed by atoms with Crippen molar-refractivity contribution in [1.29, 1.82) is 0 Å². The second kappa shape index (κ2) is 10.2. The predicted molar refractivity (Wildman–Crippen MR) is 94.2 cm³/mol. The fourth-order valence-corrected chi connectivity index (χ4v) is 2.60. The van der Waals surface area contributed by atoms with Crippen LogP contribution >= 0.6 is 11.3 Å². The molecule has 0 unspecified atom stereocenters. The highest BCUT2D eigenvalue weighted by Gasteiger charge is 2.06. The summed E-state index contributed by atoms with van der Waals surface area (Å²) >= 11 is 1.72. The van der Waals surface area contributed by atoms with Crippen molar-refractivity contribution in [3.8, 4) is 0 Å². The number of carbonyl (C=O) groups is 1. The molecule has 0 aliphatic carbocycles. The average molecular weight is 341 g/mol. The van der Waals surface area contributed by atoms with E-state index in [4.69, 9.17) is 4.74 Å². The van der Waals surface area contributed by atoms with Crippen LogP contribution in [0.2, 0.25) is 0 Å². The van der Waals surface area contributed by atoms with E-state index in [0.717, 1.165) is 17.1 Å². The number of thiazole rings is 1. The minimum Gasteiger partial charge on any atom is -0.383 e. The Balaban J connectivity index is 2.50. The minimum atomic E-state index is -0.0379. The normalized spacial score (nSPS) is 11.4. The van der Waals surface area contributed by atoms with Crippen molar-refractivity contribution in [3.05, 3.63) is 15.6 Å². The summed E-state index contributed by atoms with van der Waals surface area (Å²) in [7, 11) is 5.08. The highest BCUT2D eigenvalue weighted by atomic mass is 32.1. The van der Waals surface area contributed by atoms with Crippen molar-refractivity contribution in [2.24, 2.45) is 4.99 Å². The van der Waals surface area contributed by atoms with Crippen LogP contribution in [-0.4, -0.2) is 69.2 Å². The van der Waals surface area contributed by atoms with Gasteiger partial charge in [-0.3, -0.25) is 4.79 Å². The third kappa shape index (κ3) is 7.43. The number of ether oxygens (including phenoxy) is 1. The molecule has 0 bridgehead atoms. The van der Waals surface area contributed by atoms with Gasteiger partial charge in [0.1, 0.15) is 6.54 Å². The average Bonchev–Trinajstić information content (AvgIpc) is 2.82. The number of aryl methyl sites for hydroxylation is 2. The van der Waals surface area contributed by atoms with Crippen LogP contribution < -0.4 is 10.6 Å². The molecule has 1 amide bonds. The van der Waals surface area contributed by atoms with Crippen LogP contribution in [0.3, 0.4) is 0 Å². The van der Waals surface area contributed by atoms with E-state index < -0.39 is 0 Å². The molecular formula is C15H27N5O2S. The van der Waals surface area contributed by atoms with Gasteiger partial charge in [-0.1, -0.05) is 0 Å². The Bertz CT molecular complexity index is 508. The second-order valence-corrected chi connectivity index (χ2v) is 6.59. The van der Waals surface area contributed by atoms with Crippen molar-refractivity contribution in [3.63, 3.8) is 0 Å². The lowest BCUT2D eigenvalue weighted by atomic mass is 10.4. The highest BCUT2D eigenvalue weighted by molar-refractivity contribution is 7.11. The van der Waals surface area contributed by atoms with Gasteiger partial charge in [-0.25, -0.2) is 9.98 Å². The third-order valence-corrected chi connectivity index (χ3v) is 4.31. The third-order valence-electron chi connectivity index (χ3n) is 3.17. The van der Waals surface area contributed by atoms with Gasteiger partial charge in [-0.15, -0.1) is 11.3 Å². The maximum Gasteiger partial charge on any atom is 0.243 e. The summed E-state index contributed by atoms with van der Waals surface area (Å²) in [5.41, 5.74) is 1.09. The molecular weight excluding hydrogens is 314 g/mol. The number of nitrogens with one attached hydrogen (secondary N) is 2. The Morgan fingerprint density at radius 2 is 2.00 bits per heavy atom. The molecule has 1 aromatic rings. The summed E-state index contributed by atoms with van der Waals surface area (Å²) in [4.78, 5) is 23.2. The van der Waals surface area contributed by atoms with Gasteiger partial charge in [0.2, 0.25) is 5.91 Å². The standard InChI is InChI=1S/C15H27N5O2S/c1-11-12(2)23-13(19-11)6-7-16-15(17-8-9-22-5)18-10-14(21)20(3)4/h6-10H2,1-5H3,(H2,16,17,18). The number of hydrogen-bond acceptors (Lipinski definition) is 5. The van der Waals surface area contributed by atoms with E-state index in [1.807, 2.05) is 6.92 Å². The molecule has 1 aromatic heterocycles. The van der Waals surface area contributed by atoms with Gasteiger partial charge >= 0.3 is 0 Å². The summed E-state index contributed by atoms with van der Waals surface area (Å²) in [5, 5.41) is 7.48. The molecule has 1 heterocycles. The first-order chi connectivity index (χ1) is 10.9. The van der Waals surface area contributed by atoms with Crippen molar-refractivity contribution in [2.75, 3.05) is 47.4 Å². The number of carbonyl (C=O) groups excluding carboxylic acids is 1. The molecule has 8 heteroatoms. The molecule has 0 saturated carbocycles. The first-order valence-corrected chi connectivity index (χ1v) is 8.40. The highest BCUT2D eigenvalue weighted by Crippen LogP contribution is 2.16. The maximum absolute atomic E-state index is 11.6. The summed E-state index contributed by atoms with van der Waals surface area (Å²) in [5.74, 6) is 0.575. The van der Waals surface area contributed by atoms with Crippen LogP contribution in [0.15, 0.2) is 4.99 Å². The van der Waals surface area contributed by atoms with Crippen LogP contribution in [0.25, 0.3) is 0 Å². The Hall–Kier alpha value is -1.67. The molecule has 2 N–H and O–H groups in total. The van der Waals surface area contributed by atoms with Crippen molar-refractivity contribution in [2.45, 2.75) is 20.3 Å². The molecule has 0 aromatic carbocycles. The van der Waals surface area contributed by atoms with Gasteiger partial charge < -0.3 is 20.3 Å². The molecule has 0 spiro atoms. The molecule has 0 saturated heterocycles. The van der Waals surface area contributed by atoms with Gasteiger partial charge in [0.25, 0.3) is 0 Å². The Labute approximate surface area is 142 Å². The number of methoxy groups -OCH3 is 1. The summed E-state index contributed by atoms with van der Waals surface area (Å²) in [6, 6.07) is 0. The van der Waals surface area contributed by atoms with E-state index in [9.17, 15) is 4.79 Å². The molecule has 130 valence electrons. The van der Waals surface area contributed by atoms with E-state index in [0.29, 0.717) is 25.7 Å². The summed E-state index contributed by atoms with van der Waals surface area (Å²) in [6.07, 6.45) is 0.825. The number of hydrogen-bond donors (Lipinski definition) is 2. The Kier molecular flexibility index (Phi) is 8.57. The predicted octanol–water partition coefficient (Wildman–Crippen LogP) is 0.572. The van der Waals surface area contributed by atoms with Gasteiger partial charge in [0.15, 0.2) is 5.96 Å². The lowest BCUT2D eigenvalue weighted by Gasteiger charge is -2.13. The number of aromatic nitrogens is 1. The van der Waals surface area contributed by atoms with Crippen molar-refractivity contribution < 1.29 is 9.53 Å². The van der Waals surface area contributed by atoms with E-state index in [2.05, 4.69) is 27.5 Å². The number of amides is 1. The minimum absolute atomic E-state index is 0.0379. The van der Waals surface area contributed by atoms with E-state index >= 15 is 0 Å². The zero-order chi connectivity index (χ0) is 17.2. The number of aliphatic imine (C=N–C) groups is 1. The quantitative estimate of drug-likeness (QED) is 0.411. The number of likely N-dealkylation sites (N-methyl/N-ethyl adjacent to an activating group) is 1. The topological polar surface area (TPSA) is 78.8 Å². The van der Waals surface area contributed by atoms with Gasteiger partial charge in [-0.2, -0.15) is 0 Å². The SMILES string of the molecule is COCCNC(=NCC(=O)N(C)C)NCCc1nc(C)c(C)s1. The molecule has 0 atom stereocenters. The molecule has 7 nitrogen and oxygen atoms in total.